The van der Waals surface area contributed by atoms with Gasteiger partial charge in [0.1, 0.15) is 66.6 Å². The summed E-state index contributed by atoms with van der Waals surface area (Å²) in [6.07, 6.45) is -5.10. The standard InChI is InChI=1S/C32H50N8O9.C14H16N2O5.C9H15NO5.C7H11NO3.C4H10N4O.C4H6O3.C2H2F2O2/c1-6-11-24(29(44)39-26(20-27(42)49-32(3,4)5)28(43)34-16-18-47-19-17-36-40-33)38-30(45)25(37-22(2)41)14-10-15-35-31(46)48-21-23-12-8-7-9-13-23;17-12-11(16-14(19)21-12)7-4-8-15-13(18)20-9-10-5-2-1-3-6-10;1-9(2,3)15-6(11)4-5-7(12)14-8(13)10-5;1-4(2)3-5-6(9)11-7(10)8-5;5-1-3-9-4-2-7-8-6;1-3(5)7-4(2)6;3-1(4)2(5)6/h7-9,12-13,24-26H,6,10-11,14-21H2,1-5H3,(H,34,43)(H,35,46)(H,37,41)(H,38,45)(H,39,44);1-3,5-6,11H,4,7-9H2,(H,15,18)(H,16,19);5,8,10,13H,4H2,1-3H3;4-5H,3H2,1-2H3,(H,8,10);1-5H2;1-2H3;1H,(H,5,6)/t24-,25+,26+;11-;5-,8?;5-;;;/m1001.../s1. The van der Waals surface area contributed by atoms with Crippen molar-refractivity contribution in [2.24, 2.45) is 16.1 Å². The maximum absolute atomic E-state index is 13.4. The average Bonchev–Trinajstić information content (AvgIpc) is 1.44. The molecule has 118 heavy (non-hydrogen) atoms. The van der Waals surface area contributed by atoms with Crippen LogP contribution in [0.4, 0.5) is 28.0 Å². The third-order valence-corrected chi connectivity index (χ3v) is 13.6. The number of hydrogen-bond donors (Lipinski definition) is 11. The van der Waals surface area contributed by atoms with Gasteiger partial charge in [-0.05, 0) is 108 Å². The first kappa shape index (κ1) is 108. The molecule has 1 unspecified atom stereocenters. The van der Waals surface area contributed by atoms with Gasteiger partial charge < -0.3 is 111 Å². The fourth-order valence-corrected chi connectivity index (χ4v) is 8.86. The van der Waals surface area contributed by atoms with Gasteiger partial charge in [-0.1, -0.05) is 98.1 Å². The average molecular weight is 1690 g/mol. The SMILES string of the molecule is CC(=O)OC(C)=O.CC(C)(C)OC(=O)C[C@@H]1NC(O)OC1=O.CC(C)C[C@H]1NC(=O)OC1=O.CCC[C@@H](NC(=O)[C@H](CCCNC(=O)OCc1ccccc1)NC(C)=O)C(=O)N[C@@H](CC(=O)OC(C)(C)C)C(=O)NCCOCCN=[N+]=[N-].O=C(NCCC[C@@H]1NC(=O)OC1=O)OCc1ccccc1.O=C([O-])C(F)F.[N-]=[N+]=NCCOCC[NH3+]. The number of nitrogens with one attached hydrogen (secondary N) is 9. The van der Waals surface area contributed by atoms with E-state index in [0.717, 1.165) is 17.7 Å². The van der Waals surface area contributed by atoms with Gasteiger partial charge >= 0.3 is 66.2 Å². The maximum Gasteiger partial charge on any atom is 0.415 e. The zero-order chi connectivity index (χ0) is 89.8. The lowest BCUT2D eigenvalue weighted by molar-refractivity contribution is -0.374. The molecule has 0 aliphatic carbocycles. The van der Waals surface area contributed by atoms with Gasteiger partial charge in [0, 0.05) is 63.3 Å². The van der Waals surface area contributed by atoms with Crippen molar-refractivity contribution in [3.05, 3.63) is 92.7 Å². The van der Waals surface area contributed by atoms with Gasteiger partial charge in [0.15, 0.2) is 0 Å². The highest BCUT2D eigenvalue weighted by Crippen LogP contribution is 2.15. The monoisotopic (exact) mass is 1680 g/mol. The molecule has 2 aromatic rings. The minimum atomic E-state index is -3.34. The molecule has 0 aromatic heterocycles. The Morgan fingerprint density at radius 1 is 0.610 bits per heavy atom. The molecule has 7 atom stereocenters. The number of alkyl carbamates (subject to hydrolysis) is 4. The minimum absolute atomic E-state index is 0.0446. The van der Waals surface area contributed by atoms with Crippen molar-refractivity contribution in [2.45, 2.75) is 214 Å². The number of ether oxygens (including phenoxy) is 10. The molecule has 3 fully saturated rings. The van der Waals surface area contributed by atoms with Crippen molar-refractivity contribution < 1.29 is 149 Å². The molecular weight excluding hydrogens is 1570 g/mol. The first-order valence-electron chi connectivity index (χ1n) is 36.8. The second-order valence-corrected chi connectivity index (χ2v) is 26.9. The van der Waals surface area contributed by atoms with Crippen LogP contribution in [0.2, 0.25) is 0 Å². The quantitative estimate of drug-likeness (QED) is 0.00874. The normalized spacial score (nSPS) is 15.4. The van der Waals surface area contributed by atoms with Gasteiger partial charge in [0.05, 0.1) is 45.8 Å². The van der Waals surface area contributed by atoms with Gasteiger partial charge in [-0.3, -0.25) is 43.2 Å². The summed E-state index contributed by atoms with van der Waals surface area (Å²) >= 11 is 0. The van der Waals surface area contributed by atoms with E-state index < -0.39 is 162 Å². The summed E-state index contributed by atoms with van der Waals surface area (Å²) in [6.45, 7) is 23.1. The number of aliphatic hydroxyl groups excluding tert-OH is 1. The Hall–Kier alpha value is -12.0. The van der Waals surface area contributed by atoms with Crippen molar-refractivity contribution in [3.8, 4) is 0 Å². The van der Waals surface area contributed by atoms with E-state index in [1.54, 1.807) is 48.5 Å². The van der Waals surface area contributed by atoms with E-state index in [9.17, 15) is 80.7 Å². The van der Waals surface area contributed by atoms with Crippen LogP contribution < -0.4 is 58.7 Å². The molecule has 2 aromatic carbocycles. The number of halogens is 2. The summed E-state index contributed by atoms with van der Waals surface area (Å²) < 4.78 is 68.8. The van der Waals surface area contributed by atoms with Gasteiger partial charge in [-0.25, -0.2) is 42.9 Å². The number of carbonyl (C=O) groups excluding carboxylic acids is 16. The number of azide groups is 2. The van der Waals surface area contributed by atoms with Gasteiger partial charge in [0.2, 0.25) is 23.6 Å². The molecule has 46 heteroatoms. The number of benzene rings is 2. The van der Waals surface area contributed by atoms with E-state index in [0.29, 0.717) is 64.3 Å². The number of carboxylic acids is 1. The molecule has 3 heterocycles. The number of rotatable bonds is 38. The highest BCUT2D eigenvalue weighted by molar-refractivity contribution is 5.97. The Labute approximate surface area is 679 Å². The molecule has 5 rings (SSSR count). The number of quaternary nitrogens is 1. The summed E-state index contributed by atoms with van der Waals surface area (Å²) in [5, 5.41) is 47.1. The molecule has 0 spiro atoms. The maximum atomic E-state index is 13.4. The third-order valence-electron chi connectivity index (χ3n) is 13.6. The van der Waals surface area contributed by atoms with E-state index in [2.05, 4.69) is 92.6 Å². The Kier molecular flexibility index (Phi) is 57.1. The van der Waals surface area contributed by atoms with E-state index in [-0.39, 0.29) is 65.3 Å². The van der Waals surface area contributed by atoms with Gasteiger partial charge in [0.25, 0.3) is 12.8 Å². The second-order valence-electron chi connectivity index (χ2n) is 26.9. The van der Waals surface area contributed by atoms with E-state index >= 15 is 0 Å². The lowest BCUT2D eigenvalue weighted by Gasteiger charge is -2.26. The largest absolute Gasteiger partial charge is 0.544 e. The van der Waals surface area contributed by atoms with Crippen molar-refractivity contribution in [2.75, 3.05) is 65.7 Å². The van der Waals surface area contributed by atoms with Crippen LogP contribution in [-0.2, 0) is 118 Å². The van der Waals surface area contributed by atoms with Crippen LogP contribution in [0.25, 0.3) is 20.9 Å². The fraction of sp³-hybridized carbons (Fsp3) is 0.611. The molecule has 660 valence electrons. The topological polar surface area (TPSA) is 642 Å². The molecule has 3 aliphatic heterocycles. The Morgan fingerprint density at radius 3 is 1.47 bits per heavy atom. The van der Waals surface area contributed by atoms with E-state index in [4.69, 9.17) is 54.5 Å². The van der Waals surface area contributed by atoms with E-state index in [1.165, 1.54) is 20.8 Å². The zero-order valence-corrected chi connectivity index (χ0v) is 67.9. The summed E-state index contributed by atoms with van der Waals surface area (Å²) in [5.74, 6) is -8.47. The number of aliphatic carboxylic acids is 1. The molecule has 8 amide bonds. The lowest BCUT2D eigenvalue weighted by atomic mass is 10.0. The molecule has 13 N–H and O–H groups in total. The number of carboxylic acid groups (broad SMARTS) is 1. The Balaban J connectivity index is 0. The van der Waals surface area contributed by atoms with Crippen LogP contribution in [-0.4, -0.2) is 227 Å². The molecule has 3 aliphatic rings. The van der Waals surface area contributed by atoms with Crippen molar-refractivity contribution in [3.63, 3.8) is 0 Å². The smallest absolute Gasteiger partial charge is 0.415 e. The number of carbonyl (C=O) groups is 16. The summed E-state index contributed by atoms with van der Waals surface area (Å²) in [4.78, 5) is 187. The molecule has 3 saturated heterocycles. The van der Waals surface area contributed by atoms with Crippen molar-refractivity contribution in [1.82, 2.24) is 47.9 Å². The number of cyclic esters (lactones) is 5. The van der Waals surface area contributed by atoms with Gasteiger partial charge in [-0.15, -0.1) is 0 Å². The lowest BCUT2D eigenvalue weighted by Crippen LogP contribution is -2.57. The number of hydrogen-bond acceptors (Lipinski definition) is 31. The van der Waals surface area contributed by atoms with Crippen LogP contribution in [0.3, 0.4) is 0 Å². The van der Waals surface area contributed by atoms with Crippen molar-refractivity contribution in [1.29, 1.82) is 0 Å². The number of amides is 8. The first-order valence-corrected chi connectivity index (χ1v) is 36.8. The molecule has 0 bridgehead atoms. The predicted molar refractivity (Wildman–Crippen MR) is 404 cm³/mol. The molecule has 0 saturated carbocycles. The van der Waals surface area contributed by atoms with Crippen LogP contribution in [0.1, 0.15) is 152 Å². The van der Waals surface area contributed by atoms with Crippen LogP contribution >= 0.6 is 0 Å². The predicted octanol–water partition coefficient (Wildman–Crippen LogP) is 2.30. The van der Waals surface area contributed by atoms with Gasteiger partial charge in [-0.2, -0.15) is 0 Å². The highest BCUT2D eigenvalue weighted by Gasteiger charge is 2.37. The molecular formula is C72H110F2N16O28. The molecule has 0 radical (unpaired) electrons. The van der Waals surface area contributed by atoms with E-state index in [1.807, 2.05) is 74.5 Å². The third kappa shape index (κ3) is 59.7. The Bertz CT molecular complexity index is 3570. The van der Waals surface area contributed by atoms with Crippen molar-refractivity contribution >= 4 is 95.8 Å². The number of alkyl halides is 2. The first-order chi connectivity index (χ1) is 55.4. The number of aliphatic hydroxyl groups is 1. The number of esters is 7. The summed E-state index contributed by atoms with van der Waals surface area (Å²) in [7, 11) is 0. The second kappa shape index (κ2) is 62.3. The van der Waals surface area contributed by atoms with Crippen LogP contribution in [0.15, 0.2) is 70.9 Å². The minimum Gasteiger partial charge on any atom is -0.544 e. The molecule has 44 nitrogen and oxygen atoms in total. The van der Waals surface area contributed by atoms with Crippen LogP contribution in [0.5, 0.6) is 0 Å². The summed E-state index contributed by atoms with van der Waals surface area (Å²) in [6, 6.07) is 13.2. The fourth-order valence-electron chi connectivity index (χ4n) is 8.86. The summed E-state index contributed by atoms with van der Waals surface area (Å²) in [5.41, 5.74) is 20.0. The zero-order valence-electron chi connectivity index (χ0n) is 67.9. The number of nitrogens with zero attached hydrogens (tertiary/aromatic N) is 6. The van der Waals surface area contributed by atoms with Crippen LogP contribution in [0, 0.1) is 5.92 Å². The highest BCUT2D eigenvalue weighted by atomic mass is 19.3. The Morgan fingerprint density at radius 2 is 1.07 bits per heavy atom.